The van der Waals surface area contributed by atoms with Gasteiger partial charge in [-0.25, -0.2) is 9.50 Å². The minimum absolute atomic E-state index is 0.0751. The predicted octanol–water partition coefficient (Wildman–Crippen LogP) is 3.13. The molecule has 2 aromatic heterocycles. The van der Waals surface area contributed by atoms with Crippen LogP contribution >= 0.6 is 0 Å². The summed E-state index contributed by atoms with van der Waals surface area (Å²) in [6, 6.07) is 7.04. The van der Waals surface area contributed by atoms with Crippen LogP contribution in [-0.2, 0) is 6.54 Å². The number of alkyl halides is 2. The second-order valence-corrected chi connectivity index (χ2v) is 7.32. The number of hydrogen-bond acceptors (Lipinski definition) is 6. The first-order chi connectivity index (χ1) is 13.5. The number of aromatic nitrogens is 4. The highest BCUT2D eigenvalue weighted by molar-refractivity contribution is 5.45. The van der Waals surface area contributed by atoms with Crippen LogP contribution in [0.5, 0.6) is 11.5 Å². The third-order valence-electron chi connectivity index (χ3n) is 5.20. The van der Waals surface area contributed by atoms with Gasteiger partial charge in [0.05, 0.1) is 5.69 Å². The monoisotopic (exact) mass is 387 g/mol. The Labute approximate surface area is 159 Å². The van der Waals surface area contributed by atoms with Gasteiger partial charge in [0.2, 0.25) is 0 Å². The molecule has 0 bridgehead atoms. The first-order valence-corrected chi connectivity index (χ1v) is 9.25. The molecular weight excluding hydrogens is 368 g/mol. The quantitative estimate of drug-likeness (QED) is 0.688. The van der Waals surface area contributed by atoms with Crippen LogP contribution < -0.4 is 9.47 Å². The number of benzene rings is 1. The van der Waals surface area contributed by atoms with Gasteiger partial charge in [-0.2, -0.15) is 10.1 Å². The van der Waals surface area contributed by atoms with Crippen molar-refractivity contribution in [2.75, 3.05) is 13.1 Å². The maximum atomic E-state index is 13.2. The summed E-state index contributed by atoms with van der Waals surface area (Å²) in [4.78, 5) is 10.9. The van der Waals surface area contributed by atoms with Crippen molar-refractivity contribution in [2.45, 2.75) is 38.5 Å². The highest BCUT2D eigenvalue weighted by Crippen LogP contribution is 2.41. The van der Waals surface area contributed by atoms with E-state index in [1.165, 1.54) is 12.4 Å². The molecule has 28 heavy (non-hydrogen) atoms. The van der Waals surface area contributed by atoms with Gasteiger partial charge in [-0.15, -0.1) is 8.78 Å². The molecule has 0 saturated carbocycles. The zero-order valence-corrected chi connectivity index (χ0v) is 15.3. The van der Waals surface area contributed by atoms with E-state index in [0.29, 0.717) is 18.2 Å². The lowest BCUT2D eigenvalue weighted by Crippen LogP contribution is -2.34. The largest absolute Gasteiger partial charge is 0.586 e. The Morgan fingerprint density at radius 3 is 2.96 bits per heavy atom. The molecule has 7 nitrogen and oxygen atoms in total. The van der Waals surface area contributed by atoms with Gasteiger partial charge in [0.25, 0.3) is 5.78 Å². The van der Waals surface area contributed by atoms with E-state index in [-0.39, 0.29) is 11.5 Å². The lowest BCUT2D eigenvalue weighted by molar-refractivity contribution is -0.286. The zero-order chi connectivity index (χ0) is 19.3. The molecule has 0 aliphatic carbocycles. The number of halogens is 2. The average molecular weight is 387 g/mol. The summed E-state index contributed by atoms with van der Waals surface area (Å²) in [5, 5.41) is 4.32. The standard InChI is InChI=1S/C19H19F2N5O2/c1-12-7-15(26-18(24-12)22-11-23-26)14-3-2-6-25(10-14)9-13-4-5-16-17(8-13)28-19(20,21)27-16/h4-5,7-8,11,14H,2-3,6,9-10H2,1H3. The Kier molecular flexibility index (Phi) is 3.94. The van der Waals surface area contributed by atoms with Crippen molar-refractivity contribution < 1.29 is 18.3 Å². The third kappa shape index (κ3) is 3.15. The van der Waals surface area contributed by atoms with E-state index in [9.17, 15) is 8.78 Å². The number of aryl methyl sites for hydroxylation is 1. The molecule has 1 aromatic carbocycles. The van der Waals surface area contributed by atoms with Crippen LogP contribution in [0, 0.1) is 6.92 Å². The van der Waals surface area contributed by atoms with Crippen molar-refractivity contribution >= 4 is 5.78 Å². The predicted molar refractivity (Wildman–Crippen MR) is 95.4 cm³/mol. The van der Waals surface area contributed by atoms with E-state index in [1.807, 2.05) is 11.4 Å². The zero-order valence-electron chi connectivity index (χ0n) is 15.3. The summed E-state index contributed by atoms with van der Waals surface area (Å²) < 4.78 is 37.3. The molecule has 1 atom stereocenters. The molecule has 2 aliphatic heterocycles. The molecule has 1 fully saturated rings. The number of piperidine rings is 1. The van der Waals surface area contributed by atoms with E-state index >= 15 is 0 Å². The van der Waals surface area contributed by atoms with E-state index in [0.717, 1.165) is 42.9 Å². The average Bonchev–Trinajstić information content (AvgIpc) is 3.23. The number of likely N-dealkylation sites (tertiary alicyclic amines) is 1. The van der Waals surface area contributed by atoms with E-state index < -0.39 is 6.29 Å². The fourth-order valence-corrected chi connectivity index (χ4v) is 4.04. The molecule has 2 aliphatic rings. The van der Waals surface area contributed by atoms with Crippen LogP contribution in [-0.4, -0.2) is 43.9 Å². The Morgan fingerprint density at radius 1 is 1.21 bits per heavy atom. The SMILES string of the molecule is Cc1cc(C2CCCN(Cc3ccc4c(c3)OC(F)(F)O4)C2)n2ncnc2n1. The molecular formula is C19H19F2N5O2. The number of rotatable bonds is 3. The molecule has 4 heterocycles. The minimum atomic E-state index is -3.58. The van der Waals surface area contributed by atoms with Gasteiger partial charge < -0.3 is 9.47 Å². The van der Waals surface area contributed by atoms with E-state index in [1.54, 1.807) is 12.1 Å². The second kappa shape index (κ2) is 6.37. The van der Waals surface area contributed by atoms with Gasteiger partial charge >= 0.3 is 6.29 Å². The molecule has 1 saturated heterocycles. The molecule has 0 spiro atoms. The molecule has 0 amide bonds. The van der Waals surface area contributed by atoms with Crippen molar-refractivity contribution in [2.24, 2.45) is 0 Å². The Bertz CT molecular complexity index is 1040. The Morgan fingerprint density at radius 2 is 2.07 bits per heavy atom. The second-order valence-electron chi connectivity index (χ2n) is 7.32. The Hall–Kier alpha value is -2.81. The van der Waals surface area contributed by atoms with Gasteiger partial charge in [0, 0.05) is 24.7 Å². The molecule has 1 unspecified atom stereocenters. The molecule has 3 aromatic rings. The fraction of sp³-hybridized carbons (Fsp3) is 0.421. The van der Waals surface area contributed by atoms with Gasteiger partial charge in [-0.3, -0.25) is 4.90 Å². The highest BCUT2D eigenvalue weighted by Gasteiger charge is 2.43. The van der Waals surface area contributed by atoms with Crippen LogP contribution in [0.2, 0.25) is 0 Å². The van der Waals surface area contributed by atoms with Crippen molar-refractivity contribution in [1.82, 2.24) is 24.5 Å². The van der Waals surface area contributed by atoms with Gasteiger partial charge in [0.1, 0.15) is 6.33 Å². The minimum Gasteiger partial charge on any atom is -0.395 e. The van der Waals surface area contributed by atoms with E-state index in [4.69, 9.17) is 0 Å². The first-order valence-electron chi connectivity index (χ1n) is 9.25. The van der Waals surface area contributed by atoms with Crippen LogP contribution in [0.25, 0.3) is 5.78 Å². The smallest absolute Gasteiger partial charge is 0.395 e. The number of fused-ring (bicyclic) bond motifs is 2. The van der Waals surface area contributed by atoms with Crippen LogP contribution in [0.1, 0.15) is 35.7 Å². The van der Waals surface area contributed by atoms with Gasteiger partial charge in [-0.1, -0.05) is 6.07 Å². The summed E-state index contributed by atoms with van der Waals surface area (Å²) in [5.41, 5.74) is 2.94. The van der Waals surface area contributed by atoms with Crippen molar-refractivity contribution in [3.8, 4) is 11.5 Å². The summed E-state index contributed by atoms with van der Waals surface area (Å²) >= 11 is 0. The molecule has 5 rings (SSSR count). The third-order valence-corrected chi connectivity index (χ3v) is 5.20. The summed E-state index contributed by atoms with van der Waals surface area (Å²) in [5.74, 6) is 1.08. The topological polar surface area (TPSA) is 64.8 Å². The molecule has 0 N–H and O–H groups in total. The fourth-order valence-electron chi connectivity index (χ4n) is 4.04. The first kappa shape index (κ1) is 17.3. The molecule has 146 valence electrons. The van der Waals surface area contributed by atoms with E-state index in [2.05, 4.69) is 35.5 Å². The van der Waals surface area contributed by atoms with Crippen molar-refractivity contribution in [3.05, 3.63) is 47.5 Å². The van der Waals surface area contributed by atoms with Crippen LogP contribution in [0.4, 0.5) is 8.78 Å². The number of ether oxygens (including phenoxy) is 2. The van der Waals surface area contributed by atoms with Crippen LogP contribution in [0.15, 0.2) is 30.6 Å². The number of nitrogens with zero attached hydrogens (tertiary/aromatic N) is 5. The normalized spacial score (nSPS) is 21.3. The maximum Gasteiger partial charge on any atom is 0.586 e. The lowest BCUT2D eigenvalue weighted by atomic mass is 9.93. The highest BCUT2D eigenvalue weighted by atomic mass is 19.3. The Balaban J connectivity index is 1.35. The number of hydrogen-bond donors (Lipinski definition) is 0. The maximum absolute atomic E-state index is 13.2. The van der Waals surface area contributed by atoms with Crippen molar-refractivity contribution in [3.63, 3.8) is 0 Å². The summed E-state index contributed by atoms with van der Waals surface area (Å²) in [7, 11) is 0. The molecule has 9 heteroatoms. The van der Waals surface area contributed by atoms with Gasteiger partial charge in [-0.05, 0) is 50.1 Å². The summed E-state index contributed by atoms with van der Waals surface area (Å²) in [6.45, 7) is 4.42. The summed E-state index contributed by atoms with van der Waals surface area (Å²) in [6.07, 6.45) is 0.0426. The lowest BCUT2D eigenvalue weighted by Gasteiger charge is -2.33. The van der Waals surface area contributed by atoms with Crippen molar-refractivity contribution in [1.29, 1.82) is 0 Å². The van der Waals surface area contributed by atoms with Crippen LogP contribution in [0.3, 0.4) is 0 Å². The molecule has 0 radical (unpaired) electrons. The van der Waals surface area contributed by atoms with Gasteiger partial charge in [0.15, 0.2) is 11.5 Å².